The van der Waals surface area contributed by atoms with Crippen LogP contribution in [0.2, 0.25) is 0 Å². The number of hydrogen-bond donors (Lipinski definition) is 1. The fraction of sp³-hybridized carbons (Fsp3) is 0.353. The standard InChI is InChI=1S/C17H20O4/c1-11-14-7-5-12(10-18)9-13(14)6-8-15(11)20-16(19)21-17(2,3)4/h5-9,18H,10H2,1-4H3. The molecule has 0 aliphatic rings. The van der Waals surface area contributed by atoms with Gasteiger partial charge in [-0.05, 0) is 61.7 Å². The minimum atomic E-state index is -0.711. The Balaban J connectivity index is 2.30. The van der Waals surface area contributed by atoms with Gasteiger partial charge in [-0.25, -0.2) is 4.79 Å². The van der Waals surface area contributed by atoms with E-state index in [1.807, 2.05) is 31.2 Å². The molecule has 0 heterocycles. The van der Waals surface area contributed by atoms with Crippen LogP contribution in [0.15, 0.2) is 30.3 Å². The molecule has 1 N–H and O–H groups in total. The van der Waals surface area contributed by atoms with Crippen molar-refractivity contribution in [2.45, 2.75) is 39.9 Å². The molecule has 2 aromatic rings. The first kappa shape index (κ1) is 15.3. The number of ether oxygens (including phenoxy) is 2. The highest BCUT2D eigenvalue weighted by molar-refractivity contribution is 5.88. The van der Waals surface area contributed by atoms with Crippen molar-refractivity contribution in [3.8, 4) is 5.75 Å². The summed E-state index contributed by atoms with van der Waals surface area (Å²) >= 11 is 0. The second-order valence-corrected chi connectivity index (χ2v) is 5.97. The Morgan fingerprint density at radius 1 is 1.19 bits per heavy atom. The summed E-state index contributed by atoms with van der Waals surface area (Å²) in [6.07, 6.45) is -0.711. The van der Waals surface area contributed by atoms with Crippen molar-refractivity contribution < 1.29 is 19.4 Å². The number of benzene rings is 2. The second kappa shape index (κ2) is 5.74. The van der Waals surface area contributed by atoms with Gasteiger partial charge in [-0.2, -0.15) is 0 Å². The number of hydrogen-bond acceptors (Lipinski definition) is 4. The Labute approximate surface area is 124 Å². The van der Waals surface area contributed by atoms with E-state index in [-0.39, 0.29) is 6.61 Å². The molecule has 112 valence electrons. The number of fused-ring (bicyclic) bond motifs is 1. The third-order valence-electron chi connectivity index (χ3n) is 3.07. The molecule has 0 saturated carbocycles. The van der Waals surface area contributed by atoms with Crippen LogP contribution in [0, 0.1) is 6.92 Å². The zero-order valence-electron chi connectivity index (χ0n) is 12.8. The van der Waals surface area contributed by atoms with Crippen molar-refractivity contribution in [1.29, 1.82) is 0 Å². The fourth-order valence-electron chi connectivity index (χ4n) is 2.08. The largest absolute Gasteiger partial charge is 0.514 e. The minimum absolute atomic E-state index is 0.00511. The summed E-state index contributed by atoms with van der Waals surface area (Å²) in [6.45, 7) is 7.26. The average molecular weight is 288 g/mol. The highest BCUT2D eigenvalue weighted by Gasteiger charge is 2.19. The number of rotatable bonds is 2. The monoisotopic (exact) mass is 288 g/mol. The first-order valence-corrected chi connectivity index (χ1v) is 6.84. The van der Waals surface area contributed by atoms with Crippen LogP contribution in [-0.2, 0) is 11.3 Å². The maximum atomic E-state index is 11.7. The van der Waals surface area contributed by atoms with Crippen LogP contribution in [0.3, 0.4) is 0 Å². The number of carbonyl (C=O) groups is 1. The van der Waals surface area contributed by atoms with Crippen LogP contribution in [0.25, 0.3) is 10.8 Å². The van der Waals surface area contributed by atoms with E-state index >= 15 is 0 Å². The highest BCUT2D eigenvalue weighted by atomic mass is 16.7. The van der Waals surface area contributed by atoms with Gasteiger partial charge in [-0.3, -0.25) is 0 Å². The quantitative estimate of drug-likeness (QED) is 0.671. The molecule has 0 unspecified atom stereocenters. The van der Waals surface area contributed by atoms with Crippen LogP contribution < -0.4 is 4.74 Å². The first-order valence-electron chi connectivity index (χ1n) is 6.84. The lowest BCUT2D eigenvalue weighted by molar-refractivity contribution is 0.0205. The van der Waals surface area contributed by atoms with E-state index < -0.39 is 11.8 Å². The maximum Gasteiger partial charge on any atom is 0.514 e. The summed E-state index contributed by atoms with van der Waals surface area (Å²) in [7, 11) is 0. The molecule has 4 heteroatoms. The summed E-state index contributed by atoms with van der Waals surface area (Å²) in [4.78, 5) is 11.7. The molecule has 2 aromatic carbocycles. The highest BCUT2D eigenvalue weighted by Crippen LogP contribution is 2.28. The van der Waals surface area contributed by atoms with E-state index in [0.29, 0.717) is 5.75 Å². The molecular formula is C17H20O4. The van der Waals surface area contributed by atoms with Crippen molar-refractivity contribution in [3.05, 3.63) is 41.5 Å². The maximum absolute atomic E-state index is 11.7. The zero-order chi connectivity index (χ0) is 15.6. The normalized spacial score (nSPS) is 11.5. The molecule has 0 bridgehead atoms. The Hall–Kier alpha value is -2.07. The summed E-state index contributed by atoms with van der Waals surface area (Å²) < 4.78 is 10.4. The van der Waals surface area contributed by atoms with Crippen LogP contribution >= 0.6 is 0 Å². The lowest BCUT2D eigenvalue weighted by Crippen LogP contribution is -2.26. The van der Waals surface area contributed by atoms with Gasteiger partial charge in [0.25, 0.3) is 0 Å². The van der Waals surface area contributed by atoms with Crippen molar-refractivity contribution in [2.24, 2.45) is 0 Å². The predicted molar refractivity (Wildman–Crippen MR) is 81.5 cm³/mol. The molecule has 21 heavy (non-hydrogen) atoms. The molecular weight excluding hydrogens is 268 g/mol. The Morgan fingerprint density at radius 3 is 2.52 bits per heavy atom. The number of carbonyl (C=O) groups excluding carboxylic acids is 1. The van der Waals surface area contributed by atoms with Crippen molar-refractivity contribution in [1.82, 2.24) is 0 Å². The fourth-order valence-corrected chi connectivity index (χ4v) is 2.08. The molecule has 0 aliphatic heterocycles. The molecule has 0 amide bonds. The summed E-state index contributed by atoms with van der Waals surface area (Å²) in [6, 6.07) is 9.29. The van der Waals surface area contributed by atoms with Crippen LogP contribution in [-0.4, -0.2) is 16.9 Å². The van der Waals surface area contributed by atoms with Gasteiger partial charge in [-0.15, -0.1) is 0 Å². The zero-order valence-corrected chi connectivity index (χ0v) is 12.8. The second-order valence-electron chi connectivity index (χ2n) is 5.97. The van der Waals surface area contributed by atoms with Crippen molar-refractivity contribution >= 4 is 16.9 Å². The van der Waals surface area contributed by atoms with Crippen LogP contribution in [0.1, 0.15) is 31.9 Å². The number of aliphatic hydroxyl groups excluding tert-OH is 1. The average Bonchev–Trinajstić information content (AvgIpc) is 2.39. The summed E-state index contributed by atoms with van der Waals surface area (Å²) in [5.41, 5.74) is 1.13. The third kappa shape index (κ3) is 3.73. The Bertz CT molecular complexity index is 668. The lowest BCUT2D eigenvalue weighted by Gasteiger charge is -2.19. The van der Waals surface area contributed by atoms with Gasteiger partial charge in [0.1, 0.15) is 11.4 Å². The van der Waals surface area contributed by atoms with Gasteiger partial charge in [0, 0.05) is 0 Å². The minimum Gasteiger partial charge on any atom is -0.428 e. The van der Waals surface area contributed by atoms with E-state index in [0.717, 1.165) is 21.9 Å². The number of aryl methyl sites for hydroxylation is 1. The first-order chi connectivity index (χ1) is 9.80. The van der Waals surface area contributed by atoms with Crippen LogP contribution in [0.5, 0.6) is 5.75 Å². The lowest BCUT2D eigenvalue weighted by atomic mass is 10.0. The molecule has 0 saturated heterocycles. The third-order valence-corrected chi connectivity index (χ3v) is 3.07. The summed E-state index contributed by atoms with van der Waals surface area (Å²) in [5.74, 6) is 0.480. The molecule has 0 aliphatic carbocycles. The van der Waals surface area contributed by atoms with Gasteiger partial charge in [-0.1, -0.05) is 18.2 Å². The molecule has 0 atom stereocenters. The van der Waals surface area contributed by atoms with E-state index in [1.54, 1.807) is 26.8 Å². The van der Waals surface area contributed by atoms with E-state index in [9.17, 15) is 4.79 Å². The molecule has 0 fully saturated rings. The predicted octanol–water partition coefficient (Wildman–Crippen LogP) is 3.95. The number of aliphatic hydroxyl groups is 1. The van der Waals surface area contributed by atoms with E-state index in [4.69, 9.17) is 14.6 Å². The van der Waals surface area contributed by atoms with Crippen LogP contribution in [0.4, 0.5) is 4.79 Å². The van der Waals surface area contributed by atoms with Crippen molar-refractivity contribution in [2.75, 3.05) is 0 Å². The van der Waals surface area contributed by atoms with Gasteiger partial charge in [0.15, 0.2) is 0 Å². The van der Waals surface area contributed by atoms with Gasteiger partial charge in [0.05, 0.1) is 6.61 Å². The summed E-state index contributed by atoms with van der Waals surface area (Å²) in [5, 5.41) is 11.1. The van der Waals surface area contributed by atoms with Crippen molar-refractivity contribution in [3.63, 3.8) is 0 Å². The molecule has 0 spiro atoms. The van der Waals surface area contributed by atoms with Gasteiger partial charge in [0.2, 0.25) is 0 Å². The van der Waals surface area contributed by atoms with Gasteiger partial charge >= 0.3 is 6.16 Å². The van der Waals surface area contributed by atoms with E-state index in [1.165, 1.54) is 0 Å². The SMILES string of the molecule is Cc1c(OC(=O)OC(C)(C)C)ccc2cc(CO)ccc12. The van der Waals surface area contributed by atoms with Gasteiger partial charge < -0.3 is 14.6 Å². The smallest absolute Gasteiger partial charge is 0.428 e. The Kier molecular flexibility index (Phi) is 4.19. The topological polar surface area (TPSA) is 55.8 Å². The Morgan fingerprint density at radius 2 is 1.90 bits per heavy atom. The molecule has 4 nitrogen and oxygen atoms in total. The molecule has 0 radical (unpaired) electrons. The van der Waals surface area contributed by atoms with E-state index in [2.05, 4.69) is 0 Å². The molecule has 2 rings (SSSR count). The molecule has 0 aromatic heterocycles.